The zero-order valence-corrected chi connectivity index (χ0v) is 23.5. The van der Waals surface area contributed by atoms with E-state index in [-0.39, 0.29) is 5.57 Å². The number of aryl methyl sites for hydroxylation is 1. The lowest BCUT2D eigenvalue weighted by atomic mass is 9.91. The summed E-state index contributed by atoms with van der Waals surface area (Å²) in [5, 5.41) is 18.6. The van der Waals surface area contributed by atoms with E-state index in [4.69, 9.17) is 0 Å². The van der Waals surface area contributed by atoms with Gasteiger partial charge in [-0.15, -0.1) is 0 Å². The van der Waals surface area contributed by atoms with Gasteiger partial charge in [0.25, 0.3) is 0 Å². The van der Waals surface area contributed by atoms with Gasteiger partial charge in [0.15, 0.2) is 0 Å². The van der Waals surface area contributed by atoms with E-state index in [2.05, 4.69) is 114 Å². The van der Waals surface area contributed by atoms with Crippen molar-refractivity contribution in [1.82, 2.24) is 0 Å². The van der Waals surface area contributed by atoms with Crippen molar-refractivity contribution in [1.29, 1.82) is 5.26 Å². The minimum absolute atomic E-state index is 0.152. The fourth-order valence-electron chi connectivity index (χ4n) is 5.99. The molecule has 1 aliphatic carbocycles. The van der Waals surface area contributed by atoms with Crippen LogP contribution in [0, 0.1) is 11.3 Å². The number of carbonyl (C=O) groups is 1. The molecule has 0 amide bonds. The molecule has 6 rings (SSSR count). The summed E-state index contributed by atoms with van der Waals surface area (Å²) < 4.78 is 0. The Morgan fingerprint density at radius 3 is 2.10 bits per heavy atom. The molecule has 1 aliphatic heterocycles. The Labute approximate surface area is 247 Å². The third-order valence-corrected chi connectivity index (χ3v) is 8.07. The second-order valence-corrected chi connectivity index (χ2v) is 10.9. The summed E-state index contributed by atoms with van der Waals surface area (Å²) in [6, 6.07) is 36.5. The first-order valence-electron chi connectivity index (χ1n) is 14.5. The molecular weight excluding hydrogens is 516 g/mol. The van der Waals surface area contributed by atoms with Crippen LogP contribution < -0.4 is 4.90 Å². The number of rotatable bonds is 6. The van der Waals surface area contributed by atoms with Crippen LogP contribution in [0.25, 0.3) is 28.3 Å². The Hall–Kier alpha value is -5.14. The fraction of sp³-hybridized carbons (Fsp3) is 0.158. The molecule has 0 radical (unpaired) electrons. The molecule has 206 valence electrons. The van der Waals surface area contributed by atoms with Crippen LogP contribution in [0.4, 0.5) is 11.4 Å². The molecule has 0 unspecified atom stereocenters. The van der Waals surface area contributed by atoms with Gasteiger partial charge in [0, 0.05) is 17.9 Å². The Bertz CT molecular complexity index is 1700. The minimum Gasteiger partial charge on any atom is -0.477 e. The molecule has 4 heteroatoms. The van der Waals surface area contributed by atoms with Gasteiger partial charge in [0.2, 0.25) is 0 Å². The monoisotopic (exact) mass is 548 g/mol. The number of anilines is 2. The molecular formula is C38H32N2O2. The number of aliphatic carboxylic acids is 1. The standard InChI is InChI=1S/C38H32N2O2/c39-26-36(38(41)42)31-14-7-9-27(21-31)16-17-28-18-19-37-32(22-28)15-8-20-40(37)35-24-33(29-10-3-1-4-11-29)23-34(25-35)30-12-5-2-6-13-30/h1-6,10-13,16-19,21-25H,7-9,14-15,20H2,(H,41,42)/b17-16+,36-31+. The summed E-state index contributed by atoms with van der Waals surface area (Å²) in [7, 11) is 0. The fourth-order valence-corrected chi connectivity index (χ4v) is 5.99. The van der Waals surface area contributed by atoms with E-state index in [9.17, 15) is 15.2 Å². The van der Waals surface area contributed by atoms with Crippen molar-refractivity contribution < 1.29 is 9.90 Å². The molecule has 0 fully saturated rings. The van der Waals surface area contributed by atoms with E-state index in [1.165, 1.54) is 39.2 Å². The van der Waals surface area contributed by atoms with E-state index in [1.54, 1.807) is 0 Å². The van der Waals surface area contributed by atoms with E-state index in [1.807, 2.05) is 12.1 Å². The van der Waals surface area contributed by atoms with Gasteiger partial charge in [-0.1, -0.05) is 85.0 Å². The molecule has 4 aromatic carbocycles. The Balaban J connectivity index is 1.33. The maximum Gasteiger partial charge on any atom is 0.346 e. The number of allylic oxidation sites excluding steroid dienone is 4. The number of fused-ring (bicyclic) bond motifs is 1. The van der Waals surface area contributed by atoms with E-state index < -0.39 is 5.97 Å². The Kier molecular flexibility index (Phi) is 7.83. The third-order valence-electron chi connectivity index (χ3n) is 8.07. The van der Waals surface area contributed by atoms with Crippen LogP contribution in [0.2, 0.25) is 0 Å². The molecule has 0 bridgehead atoms. The number of carboxylic acids is 1. The van der Waals surface area contributed by atoms with Crippen LogP contribution in [0.5, 0.6) is 0 Å². The highest BCUT2D eigenvalue weighted by molar-refractivity contribution is 5.92. The number of carboxylic acid groups (broad SMARTS) is 1. The van der Waals surface area contributed by atoms with Gasteiger partial charge in [-0.3, -0.25) is 0 Å². The van der Waals surface area contributed by atoms with Gasteiger partial charge in [0.1, 0.15) is 11.6 Å². The lowest BCUT2D eigenvalue weighted by molar-refractivity contribution is -0.132. The SMILES string of the molecule is N#C/C(C(=O)O)=C1C=C(/C=C/c2ccc3c(c2)CCCN3c2cc(-c3ccccc3)cc(-c3ccccc3)c2)CCC\1. The van der Waals surface area contributed by atoms with Gasteiger partial charge >= 0.3 is 5.97 Å². The second-order valence-electron chi connectivity index (χ2n) is 10.9. The van der Waals surface area contributed by atoms with Crippen LogP contribution >= 0.6 is 0 Å². The van der Waals surface area contributed by atoms with Crippen molar-refractivity contribution >= 4 is 23.4 Å². The molecule has 4 aromatic rings. The average molecular weight is 549 g/mol. The van der Waals surface area contributed by atoms with Crippen molar-refractivity contribution in [3.8, 4) is 28.3 Å². The van der Waals surface area contributed by atoms with Gasteiger partial charge in [-0.25, -0.2) is 4.79 Å². The first kappa shape index (κ1) is 27.1. The quantitative estimate of drug-likeness (QED) is 0.193. The summed E-state index contributed by atoms with van der Waals surface area (Å²) in [5.41, 5.74) is 11.2. The summed E-state index contributed by atoms with van der Waals surface area (Å²) in [6.45, 7) is 0.960. The van der Waals surface area contributed by atoms with E-state index in [0.29, 0.717) is 12.0 Å². The molecule has 1 heterocycles. The van der Waals surface area contributed by atoms with Crippen LogP contribution in [0.3, 0.4) is 0 Å². The number of hydrogen-bond acceptors (Lipinski definition) is 3. The average Bonchev–Trinajstić information content (AvgIpc) is 3.04. The van der Waals surface area contributed by atoms with Gasteiger partial charge in [-0.05, 0) is 107 Å². The maximum atomic E-state index is 11.4. The number of hydrogen-bond donors (Lipinski definition) is 1. The molecule has 0 spiro atoms. The molecule has 2 aliphatic rings. The van der Waals surface area contributed by atoms with Crippen molar-refractivity contribution in [2.24, 2.45) is 0 Å². The first-order chi connectivity index (χ1) is 20.6. The topological polar surface area (TPSA) is 64.3 Å². The summed E-state index contributed by atoms with van der Waals surface area (Å²) in [6.07, 6.45) is 10.5. The minimum atomic E-state index is -1.15. The second kappa shape index (κ2) is 12.2. The lowest BCUT2D eigenvalue weighted by Crippen LogP contribution is -2.24. The van der Waals surface area contributed by atoms with Gasteiger partial charge in [-0.2, -0.15) is 5.26 Å². The highest BCUT2D eigenvalue weighted by Crippen LogP contribution is 2.39. The summed E-state index contributed by atoms with van der Waals surface area (Å²) in [4.78, 5) is 13.9. The zero-order valence-electron chi connectivity index (χ0n) is 23.5. The van der Waals surface area contributed by atoms with E-state index >= 15 is 0 Å². The van der Waals surface area contributed by atoms with E-state index in [0.717, 1.165) is 43.4 Å². The molecule has 0 saturated heterocycles. The van der Waals surface area contributed by atoms with Crippen molar-refractivity contribution in [2.45, 2.75) is 32.1 Å². The molecule has 0 saturated carbocycles. The van der Waals surface area contributed by atoms with Crippen LogP contribution in [-0.4, -0.2) is 17.6 Å². The molecule has 4 nitrogen and oxygen atoms in total. The molecule has 42 heavy (non-hydrogen) atoms. The highest BCUT2D eigenvalue weighted by Gasteiger charge is 2.20. The molecule has 1 N–H and O–H groups in total. The predicted molar refractivity (Wildman–Crippen MR) is 170 cm³/mol. The third kappa shape index (κ3) is 5.82. The normalized spacial score (nSPS) is 16.0. The number of nitrogens with zero attached hydrogens (tertiary/aromatic N) is 2. The van der Waals surface area contributed by atoms with Gasteiger partial charge < -0.3 is 10.0 Å². The van der Waals surface area contributed by atoms with Crippen LogP contribution in [0.1, 0.15) is 36.8 Å². The van der Waals surface area contributed by atoms with Crippen molar-refractivity contribution in [2.75, 3.05) is 11.4 Å². The van der Waals surface area contributed by atoms with Crippen molar-refractivity contribution in [3.63, 3.8) is 0 Å². The largest absolute Gasteiger partial charge is 0.477 e. The van der Waals surface area contributed by atoms with Crippen molar-refractivity contribution in [3.05, 3.63) is 137 Å². The zero-order chi connectivity index (χ0) is 28.9. The molecule has 0 atom stereocenters. The van der Waals surface area contributed by atoms with Crippen LogP contribution in [-0.2, 0) is 11.2 Å². The number of nitriles is 1. The smallest absolute Gasteiger partial charge is 0.346 e. The van der Waals surface area contributed by atoms with Crippen LogP contribution in [0.15, 0.2) is 126 Å². The maximum absolute atomic E-state index is 11.4. The van der Waals surface area contributed by atoms with Gasteiger partial charge in [0.05, 0.1) is 0 Å². The highest BCUT2D eigenvalue weighted by atomic mass is 16.4. The Morgan fingerprint density at radius 1 is 0.762 bits per heavy atom. The summed E-state index contributed by atoms with van der Waals surface area (Å²) >= 11 is 0. The lowest BCUT2D eigenvalue weighted by Gasteiger charge is -2.32. The number of benzene rings is 4. The Morgan fingerprint density at radius 2 is 1.45 bits per heavy atom. The first-order valence-corrected chi connectivity index (χ1v) is 14.5. The molecule has 0 aromatic heterocycles. The summed E-state index contributed by atoms with van der Waals surface area (Å²) in [5.74, 6) is -1.15. The predicted octanol–water partition coefficient (Wildman–Crippen LogP) is 9.13.